The van der Waals surface area contributed by atoms with Gasteiger partial charge in [0, 0.05) is 6.61 Å². The Morgan fingerprint density at radius 3 is 1.03 bits per heavy atom. The Kier molecular flexibility index (Phi) is 9.92. The van der Waals surface area contributed by atoms with Crippen LogP contribution in [0.5, 0.6) is 0 Å². The second-order valence-corrected chi connectivity index (χ2v) is 8.47. The monoisotopic (exact) mass is 608 g/mol. The first-order valence-electron chi connectivity index (χ1n) is 10.7. The molecule has 2 atom stereocenters. The van der Waals surface area contributed by atoms with Crippen LogP contribution >= 0.6 is 0 Å². The van der Waals surface area contributed by atoms with Crippen LogP contribution in [0.25, 0.3) is 0 Å². The van der Waals surface area contributed by atoms with Crippen LogP contribution in [0.1, 0.15) is 13.3 Å². The van der Waals surface area contributed by atoms with Crippen molar-refractivity contribution >= 4 is 0 Å². The molecular formula is C21H23F15O3. The van der Waals surface area contributed by atoms with Crippen molar-refractivity contribution in [2.45, 2.75) is 65.9 Å². The highest BCUT2D eigenvalue weighted by molar-refractivity contribution is 5.39. The maximum atomic E-state index is 15.6. The number of alkyl halides is 15. The van der Waals surface area contributed by atoms with E-state index in [1.807, 2.05) is 0 Å². The maximum absolute atomic E-state index is 15.6. The molecule has 0 N–H and O–H groups in total. The van der Waals surface area contributed by atoms with Gasteiger partial charge in [0.15, 0.2) is 0 Å². The minimum Gasteiger partial charge on any atom is -0.375 e. The molecule has 1 aliphatic carbocycles. The summed E-state index contributed by atoms with van der Waals surface area (Å²) in [5, 5.41) is 0. The number of hydrogen-bond acceptors (Lipinski definition) is 3. The third-order valence-electron chi connectivity index (χ3n) is 5.78. The topological polar surface area (TPSA) is 27.7 Å². The molecule has 0 aliphatic heterocycles. The highest BCUT2D eigenvalue weighted by Gasteiger charge is 3.08. The highest BCUT2D eigenvalue weighted by atomic mass is 19.3. The molecule has 0 bridgehead atoms. The van der Waals surface area contributed by atoms with E-state index in [-0.39, 0.29) is 6.42 Å². The Balaban J connectivity index is 4.25. The molecule has 1 rings (SSSR count). The fourth-order valence-electron chi connectivity index (χ4n) is 3.87. The van der Waals surface area contributed by atoms with E-state index in [4.69, 9.17) is 0 Å². The van der Waals surface area contributed by atoms with Crippen LogP contribution in [0.4, 0.5) is 65.9 Å². The molecule has 0 aromatic carbocycles. The quantitative estimate of drug-likeness (QED) is 0.117. The Bertz CT molecular complexity index is 825. The van der Waals surface area contributed by atoms with Gasteiger partial charge in [-0.2, -0.15) is 52.7 Å². The molecule has 1 fully saturated rings. The molecule has 0 aromatic rings. The summed E-state index contributed by atoms with van der Waals surface area (Å²) in [6.07, 6.45) is 0.739. The van der Waals surface area contributed by atoms with E-state index >= 15 is 39.5 Å². The van der Waals surface area contributed by atoms with Crippen molar-refractivity contribution in [1.29, 1.82) is 0 Å². The van der Waals surface area contributed by atoms with Gasteiger partial charge in [-0.1, -0.05) is 19.1 Å². The minimum absolute atomic E-state index is 0.308. The van der Waals surface area contributed by atoms with Crippen LogP contribution in [0, 0.1) is 0 Å². The van der Waals surface area contributed by atoms with Gasteiger partial charge in [-0.15, -0.1) is 13.2 Å². The Morgan fingerprint density at radius 1 is 0.538 bits per heavy atom. The molecule has 1 saturated carbocycles. The Morgan fingerprint density at radius 2 is 0.795 bits per heavy atom. The normalized spacial score (nSPS) is 30.7. The van der Waals surface area contributed by atoms with Crippen molar-refractivity contribution in [2.75, 3.05) is 39.6 Å². The van der Waals surface area contributed by atoms with Gasteiger partial charge >= 0.3 is 52.5 Å². The summed E-state index contributed by atoms with van der Waals surface area (Å²) < 4.78 is 237. The van der Waals surface area contributed by atoms with Crippen molar-refractivity contribution in [3.63, 3.8) is 0 Å². The molecule has 0 spiro atoms. The zero-order valence-corrected chi connectivity index (χ0v) is 19.9. The highest BCUT2D eigenvalue weighted by Crippen LogP contribution is 2.76. The third kappa shape index (κ3) is 4.51. The summed E-state index contributed by atoms with van der Waals surface area (Å²) in [6, 6.07) is 0. The van der Waals surface area contributed by atoms with E-state index < -0.39 is 92.2 Å². The fourth-order valence-corrected chi connectivity index (χ4v) is 3.87. The molecule has 230 valence electrons. The van der Waals surface area contributed by atoms with Crippen molar-refractivity contribution in [3.05, 3.63) is 25.3 Å². The van der Waals surface area contributed by atoms with Gasteiger partial charge in [0.1, 0.15) is 19.8 Å². The van der Waals surface area contributed by atoms with Crippen LogP contribution in [-0.4, -0.2) is 92.2 Å². The minimum atomic E-state index is -8.02. The van der Waals surface area contributed by atoms with Crippen molar-refractivity contribution in [1.82, 2.24) is 0 Å². The lowest BCUT2D eigenvalue weighted by atomic mass is 9.56. The molecule has 2 unspecified atom stereocenters. The van der Waals surface area contributed by atoms with Gasteiger partial charge in [0.2, 0.25) is 0 Å². The molecule has 1 aliphatic rings. The molecular weight excluding hydrogens is 585 g/mol. The second-order valence-electron chi connectivity index (χ2n) is 8.47. The first-order valence-corrected chi connectivity index (χ1v) is 10.7. The summed E-state index contributed by atoms with van der Waals surface area (Å²) in [5.41, 5.74) is -23.5. The molecule has 0 heterocycles. The number of ether oxygens (including phenoxy) is 3. The fraction of sp³-hybridized carbons (Fsp3) is 0.810. The molecule has 0 amide bonds. The number of halogens is 15. The zero-order chi connectivity index (χ0) is 31.0. The van der Waals surface area contributed by atoms with E-state index in [0.717, 1.165) is 6.92 Å². The predicted molar refractivity (Wildman–Crippen MR) is 104 cm³/mol. The largest absolute Gasteiger partial charge is 0.375 e. The first kappa shape index (κ1) is 35.3. The van der Waals surface area contributed by atoms with Gasteiger partial charge < -0.3 is 14.2 Å². The van der Waals surface area contributed by atoms with Crippen LogP contribution in [0.3, 0.4) is 0 Å². The van der Waals surface area contributed by atoms with Gasteiger partial charge in [0.25, 0.3) is 0 Å². The number of hydrogen-bond donors (Lipinski definition) is 0. The van der Waals surface area contributed by atoms with Gasteiger partial charge in [-0.25, -0.2) is 13.2 Å². The molecule has 3 nitrogen and oxygen atoms in total. The number of rotatable bonds is 15. The summed E-state index contributed by atoms with van der Waals surface area (Å²) in [5.74, 6) is -44.4. The van der Waals surface area contributed by atoms with Crippen molar-refractivity contribution in [3.8, 4) is 0 Å². The van der Waals surface area contributed by atoms with Crippen molar-refractivity contribution in [2.24, 2.45) is 0 Å². The maximum Gasteiger partial charge on any atom is 0.339 e. The average molecular weight is 608 g/mol. The summed E-state index contributed by atoms with van der Waals surface area (Å²) >= 11 is 0. The van der Waals surface area contributed by atoms with Crippen LogP contribution in [-0.2, 0) is 14.2 Å². The van der Waals surface area contributed by atoms with Crippen LogP contribution in [0.2, 0.25) is 0 Å². The Hall–Kier alpha value is -1.69. The molecule has 18 heteroatoms. The molecule has 39 heavy (non-hydrogen) atoms. The van der Waals surface area contributed by atoms with E-state index in [1.165, 1.54) is 0 Å². The van der Waals surface area contributed by atoms with Crippen LogP contribution in [0.15, 0.2) is 25.3 Å². The first-order chi connectivity index (χ1) is 17.4. The summed E-state index contributed by atoms with van der Waals surface area (Å²) in [6.45, 7) is -5.65. The third-order valence-corrected chi connectivity index (χ3v) is 5.78. The van der Waals surface area contributed by atoms with Gasteiger partial charge in [-0.3, -0.25) is 0 Å². The van der Waals surface area contributed by atoms with E-state index in [0.29, 0.717) is 12.2 Å². The smallest absolute Gasteiger partial charge is 0.339 e. The molecule has 0 radical (unpaired) electrons. The lowest BCUT2D eigenvalue weighted by Crippen LogP contribution is -2.94. The van der Waals surface area contributed by atoms with Gasteiger partial charge in [0.05, 0.1) is 13.2 Å². The predicted octanol–water partition coefficient (Wildman–Crippen LogP) is 6.77. The van der Waals surface area contributed by atoms with Crippen molar-refractivity contribution < 1.29 is 80.1 Å². The average Bonchev–Trinajstić information content (AvgIpc) is 2.80. The summed E-state index contributed by atoms with van der Waals surface area (Å²) in [4.78, 5) is 0. The second kappa shape index (κ2) is 10.9. The Labute approximate surface area is 211 Å². The van der Waals surface area contributed by atoms with Gasteiger partial charge in [-0.05, 0) is 6.42 Å². The summed E-state index contributed by atoms with van der Waals surface area (Å²) in [7, 11) is 0. The van der Waals surface area contributed by atoms with E-state index in [2.05, 4.69) is 27.4 Å². The SMILES string of the molecule is C=CCOCC(F)(F)C1(F)C(F)(F)C(F)(C(F)(F)COCC=C)C(F)(F)C(F)(C(F)(F)COCCC)C1(F)F. The zero-order valence-electron chi connectivity index (χ0n) is 19.9. The standard InChI is InChI=1S/C21H23F15O3/c1-4-7-37-10-13(22,23)16(28)19(31,32)17(29,14(24,25)11-38-8-5-2)21(35,36)18(30,20(16,33)34)15(26,27)12-39-9-6-3/h4-5H,1-2,6-12H2,3H3. The van der Waals surface area contributed by atoms with E-state index in [1.54, 1.807) is 0 Å². The van der Waals surface area contributed by atoms with E-state index in [9.17, 15) is 26.3 Å². The van der Waals surface area contributed by atoms with Crippen LogP contribution < -0.4 is 0 Å². The lowest BCUT2D eigenvalue weighted by molar-refractivity contribution is -0.507. The molecule has 0 aromatic heterocycles. The lowest BCUT2D eigenvalue weighted by Gasteiger charge is -2.61. The molecule has 0 saturated heterocycles.